The summed E-state index contributed by atoms with van der Waals surface area (Å²) in [6, 6.07) is 31.9. The van der Waals surface area contributed by atoms with Crippen LogP contribution in [0.4, 0.5) is 0 Å². The number of fused-ring (bicyclic) bond motifs is 3. The Kier molecular flexibility index (Phi) is 4.51. The lowest BCUT2D eigenvalue weighted by Gasteiger charge is -2.37. The molecule has 3 aromatic rings. The molecule has 150 valence electrons. The molecule has 1 heteroatoms. The molecule has 0 aliphatic heterocycles. The first kappa shape index (κ1) is 18.6. The summed E-state index contributed by atoms with van der Waals surface area (Å²) in [6.45, 7) is 0. The normalized spacial score (nSPS) is 17.3. The van der Waals surface area contributed by atoms with Crippen molar-refractivity contribution in [1.82, 2.24) is 0 Å². The fourth-order valence-electron chi connectivity index (χ4n) is 5.90. The lowest BCUT2D eigenvalue weighted by molar-refractivity contribution is 0.922. The van der Waals surface area contributed by atoms with Crippen molar-refractivity contribution >= 4 is 29.2 Å². The molecule has 0 unspecified atom stereocenters. The first-order chi connectivity index (χ1) is 15.4. The molecule has 31 heavy (non-hydrogen) atoms. The average Bonchev–Trinajstić information content (AvgIpc) is 3.49. The van der Waals surface area contributed by atoms with Crippen LogP contribution in [0.2, 0.25) is 0 Å². The van der Waals surface area contributed by atoms with E-state index in [4.69, 9.17) is 0 Å². The summed E-state index contributed by atoms with van der Waals surface area (Å²) >= 11 is 0. The zero-order valence-electron chi connectivity index (χ0n) is 17.7. The molecule has 3 aromatic carbocycles. The van der Waals surface area contributed by atoms with Crippen LogP contribution < -0.4 is 10.4 Å². The Bertz CT molecular complexity index is 1220. The largest absolute Gasteiger partial charge is 0.176 e. The van der Waals surface area contributed by atoms with E-state index in [1.54, 1.807) is 10.4 Å². The Morgan fingerprint density at radius 1 is 0.645 bits per heavy atom. The molecule has 0 saturated carbocycles. The zero-order chi connectivity index (χ0) is 20.7. The van der Waals surface area contributed by atoms with E-state index in [1.165, 1.54) is 51.9 Å². The molecule has 0 heterocycles. The number of hydrogen-bond acceptors (Lipinski definition) is 0. The van der Waals surface area contributed by atoms with E-state index in [9.17, 15) is 0 Å². The van der Waals surface area contributed by atoms with Gasteiger partial charge >= 0.3 is 0 Å². The fourth-order valence-corrected chi connectivity index (χ4v) is 11.5. The van der Waals surface area contributed by atoms with E-state index in [2.05, 4.69) is 109 Å². The second kappa shape index (κ2) is 7.51. The van der Waals surface area contributed by atoms with E-state index in [1.807, 2.05) is 0 Å². The van der Waals surface area contributed by atoms with Crippen molar-refractivity contribution in [3.05, 3.63) is 131 Å². The van der Waals surface area contributed by atoms with Crippen molar-refractivity contribution in [3.63, 3.8) is 0 Å². The van der Waals surface area contributed by atoms with E-state index >= 15 is 0 Å². The van der Waals surface area contributed by atoms with E-state index < -0.39 is 8.07 Å². The highest BCUT2D eigenvalue weighted by atomic mass is 28.3. The van der Waals surface area contributed by atoms with Crippen LogP contribution in [0.5, 0.6) is 0 Å². The van der Waals surface area contributed by atoms with Gasteiger partial charge in [0.25, 0.3) is 0 Å². The van der Waals surface area contributed by atoms with Gasteiger partial charge in [0.05, 0.1) is 0 Å². The second-order valence-electron chi connectivity index (χ2n) is 8.69. The number of rotatable bonds is 4. The molecule has 0 aromatic heterocycles. The van der Waals surface area contributed by atoms with Gasteiger partial charge in [0, 0.05) is 0 Å². The Hall–Kier alpha value is -3.16. The van der Waals surface area contributed by atoms with Crippen LogP contribution in [0.1, 0.15) is 36.8 Å². The highest BCUT2D eigenvalue weighted by Gasteiger charge is 2.49. The minimum Gasteiger partial charge on any atom is -0.0882 e. The third-order valence-electron chi connectivity index (χ3n) is 7.10. The van der Waals surface area contributed by atoms with Crippen LogP contribution in [0, 0.1) is 0 Å². The van der Waals surface area contributed by atoms with Crippen LogP contribution in [-0.2, 0) is 0 Å². The molecule has 0 bridgehead atoms. The van der Waals surface area contributed by atoms with Crippen LogP contribution in [0.25, 0.3) is 10.8 Å². The quantitative estimate of drug-likeness (QED) is 0.443. The van der Waals surface area contributed by atoms with Gasteiger partial charge in [0.15, 0.2) is 8.07 Å². The zero-order valence-corrected chi connectivity index (χ0v) is 18.7. The highest BCUT2D eigenvalue weighted by molar-refractivity contribution is 7.20. The van der Waals surface area contributed by atoms with Gasteiger partial charge in [0.1, 0.15) is 0 Å². The van der Waals surface area contributed by atoms with Crippen molar-refractivity contribution in [2.75, 3.05) is 0 Å². The number of hydrogen-bond donors (Lipinski definition) is 0. The smallest absolute Gasteiger partial charge is 0.0882 e. The molecule has 0 saturated heterocycles. The van der Waals surface area contributed by atoms with Gasteiger partial charge < -0.3 is 0 Å². The molecule has 3 aliphatic rings. The van der Waals surface area contributed by atoms with Crippen LogP contribution in [0.15, 0.2) is 120 Å². The van der Waals surface area contributed by atoms with E-state index in [0.717, 1.165) is 6.42 Å². The van der Waals surface area contributed by atoms with E-state index in [0.29, 0.717) is 0 Å². The predicted molar refractivity (Wildman–Crippen MR) is 135 cm³/mol. The lowest BCUT2D eigenvalue weighted by Crippen LogP contribution is -2.61. The van der Waals surface area contributed by atoms with Gasteiger partial charge in [-0.15, -0.1) is 0 Å². The monoisotopic (exact) mass is 414 g/mol. The van der Waals surface area contributed by atoms with Crippen molar-refractivity contribution < 1.29 is 0 Å². The Morgan fingerprint density at radius 2 is 1.29 bits per heavy atom. The van der Waals surface area contributed by atoms with Gasteiger partial charge in [-0.2, -0.15) is 0 Å². The third kappa shape index (κ3) is 2.73. The molecule has 0 nitrogen and oxygen atoms in total. The molecule has 0 N–H and O–H groups in total. The number of allylic oxidation sites excluding steroid dienone is 7. The maximum Gasteiger partial charge on any atom is 0.176 e. The first-order valence-corrected chi connectivity index (χ1v) is 13.4. The summed E-state index contributed by atoms with van der Waals surface area (Å²) in [6.07, 6.45) is 14.5. The summed E-state index contributed by atoms with van der Waals surface area (Å²) in [5, 5.41) is 6.29. The van der Waals surface area contributed by atoms with Gasteiger partial charge in [0.2, 0.25) is 0 Å². The molecule has 0 atom stereocenters. The van der Waals surface area contributed by atoms with Crippen molar-refractivity contribution in [2.24, 2.45) is 0 Å². The SMILES string of the molecule is C1=CC2=C([Si](C3=CCCC3)(c3ccccc3)c3ccccc3)c3ccccc3C2=CC1. The third-order valence-corrected chi connectivity index (χ3v) is 12.2. The maximum absolute atomic E-state index is 2.58. The van der Waals surface area contributed by atoms with Gasteiger partial charge in [-0.1, -0.05) is 114 Å². The summed E-state index contributed by atoms with van der Waals surface area (Å²) in [5.74, 6) is 0. The standard InChI is InChI=1S/C30H26Si/c1-3-13-23(14-4-1)31(25-17-7-8-18-25,24-15-5-2-6-16-24)30-28-21-11-9-19-26(28)27-20-10-12-22-29(27)30/h1-6,9,11-17,19-22H,7-8,10,18H2. The lowest BCUT2D eigenvalue weighted by atomic mass is 9.98. The summed E-state index contributed by atoms with van der Waals surface area (Å²) in [5.41, 5.74) is 5.76. The maximum atomic E-state index is 2.58. The van der Waals surface area contributed by atoms with Gasteiger partial charge in [-0.3, -0.25) is 0 Å². The molecule has 3 aliphatic carbocycles. The Morgan fingerprint density at radius 3 is 1.94 bits per heavy atom. The van der Waals surface area contributed by atoms with Crippen LogP contribution in [0.3, 0.4) is 0 Å². The topological polar surface area (TPSA) is 0 Å². The first-order valence-electron chi connectivity index (χ1n) is 11.4. The molecule has 0 spiro atoms. The summed E-state index contributed by atoms with van der Waals surface area (Å²) in [7, 11) is -2.39. The molecular weight excluding hydrogens is 388 g/mol. The van der Waals surface area contributed by atoms with E-state index in [-0.39, 0.29) is 0 Å². The Balaban J connectivity index is 1.78. The molecule has 0 amide bonds. The molecular formula is C30H26Si. The second-order valence-corrected chi connectivity index (χ2v) is 12.5. The van der Waals surface area contributed by atoms with Crippen molar-refractivity contribution in [1.29, 1.82) is 0 Å². The minimum absolute atomic E-state index is 1.02. The minimum atomic E-state index is -2.39. The Labute approximate surface area is 186 Å². The van der Waals surface area contributed by atoms with Crippen molar-refractivity contribution in [3.8, 4) is 0 Å². The highest BCUT2D eigenvalue weighted by Crippen LogP contribution is 2.49. The fraction of sp³-hybridized carbons (Fsp3) is 0.133. The molecule has 0 radical (unpaired) electrons. The molecule has 0 fully saturated rings. The van der Waals surface area contributed by atoms with Crippen LogP contribution in [-0.4, -0.2) is 8.07 Å². The summed E-state index contributed by atoms with van der Waals surface area (Å²) in [4.78, 5) is 0. The van der Waals surface area contributed by atoms with Gasteiger partial charge in [-0.25, -0.2) is 0 Å². The van der Waals surface area contributed by atoms with Crippen molar-refractivity contribution in [2.45, 2.75) is 25.7 Å². The average molecular weight is 415 g/mol. The van der Waals surface area contributed by atoms with Gasteiger partial charge in [-0.05, 0) is 63.5 Å². The molecule has 6 rings (SSSR count). The van der Waals surface area contributed by atoms with Crippen LogP contribution >= 0.6 is 0 Å². The summed E-state index contributed by atoms with van der Waals surface area (Å²) < 4.78 is 0. The predicted octanol–water partition coefficient (Wildman–Crippen LogP) is 6.25. The number of benzene rings is 3.